The topological polar surface area (TPSA) is 160 Å². The van der Waals surface area contributed by atoms with Gasteiger partial charge in [0.05, 0.1) is 27.0 Å². The third-order valence-corrected chi connectivity index (χ3v) is 6.04. The largest absolute Gasteiger partial charge is 0.415 e. The fraction of sp³-hybridized carbons (Fsp3) is 0. The first-order chi connectivity index (χ1) is 20.3. The van der Waals surface area contributed by atoms with Crippen molar-refractivity contribution in [3.63, 3.8) is 0 Å². The molecule has 0 aliphatic carbocycles. The van der Waals surface area contributed by atoms with Gasteiger partial charge in [0.25, 0.3) is 11.2 Å². The molecule has 0 radical (unpaired) electrons. The summed E-state index contributed by atoms with van der Waals surface area (Å²) >= 11 is 0. The SMILES string of the molecule is O=C(/C=C/c1ccc([N+](=O)[O-])cc1)Oc1c(C=Nn2c(-c3ccccc3)nc3ccccc3c2=O)cccc1[N+](=O)[O-]. The summed E-state index contributed by atoms with van der Waals surface area (Å²) in [6.07, 6.45) is 3.56. The van der Waals surface area contributed by atoms with Crippen molar-refractivity contribution >= 4 is 40.5 Å². The zero-order chi connectivity index (χ0) is 29.6. The lowest BCUT2D eigenvalue weighted by Crippen LogP contribution is -2.20. The highest BCUT2D eigenvalue weighted by molar-refractivity contribution is 5.93. The van der Waals surface area contributed by atoms with Gasteiger partial charge in [-0.3, -0.25) is 25.0 Å². The van der Waals surface area contributed by atoms with Crippen molar-refractivity contribution in [2.45, 2.75) is 0 Å². The number of aromatic nitrogens is 2. The first-order valence-corrected chi connectivity index (χ1v) is 12.3. The molecule has 1 heterocycles. The third kappa shape index (κ3) is 5.82. The maximum Gasteiger partial charge on any atom is 0.336 e. The average molecular weight is 562 g/mol. The normalized spacial score (nSPS) is 11.2. The van der Waals surface area contributed by atoms with Crippen molar-refractivity contribution in [2.75, 3.05) is 0 Å². The number of fused-ring (bicyclic) bond motifs is 1. The predicted molar refractivity (Wildman–Crippen MR) is 155 cm³/mol. The van der Waals surface area contributed by atoms with Crippen LogP contribution in [-0.4, -0.2) is 31.7 Å². The van der Waals surface area contributed by atoms with Crippen molar-refractivity contribution < 1.29 is 19.4 Å². The number of hydrogen-bond acceptors (Lipinski definition) is 9. The Morgan fingerprint density at radius 2 is 1.57 bits per heavy atom. The molecule has 0 amide bonds. The molecule has 0 spiro atoms. The summed E-state index contributed by atoms with van der Waals surface area (Å²) in [6.45, 7) is 0. The molecule has 12 heteroatoms. The van der Waals surface area contributed by atoms with Crippen LogP contribution in [0.1, 0.15) is 11.1 Å². The van der Waals surface area contributed by atoms with Crippen LogP contribution in [0.5, 0.6) is 5.75 Å². The predicted octanol–water partition coefficient (Wildman–Crippen LogP) is 5.38. The molecule has 5 rings (SSSR count). The minimum atomic E-state index is -0.938. The van der Waals surface area contributed by atoms with E-state index in [1.165, 1.54) is 54.8 Å². The van der Waals surface area contributed by atoms with E-state index >= 15 is 0 Å². The van der Waals surface area contributed by atoms with Crippen LogP contribution in [0.2, 0.25) is 0 Å². The summed E-state index contributed by atoms with van der Waals surface area (Å²) in [5, 5.41) is 27.2. The number of esters is 1. The number of carbonyl (C=O) groups excluding carboxylic acids is 1. The van der Waals surface area contributed by atoms with Crippen molar-refractivity contribution in [3.05, 3.63) is 145 Å². The fourth-order valence-corrected chi connectivity index (χ4v) is 4.03. The molecular weight excluding hydrogens is 542 g/mol. The lowest BCUT2D eigenvalue weighted by molar-refractivity contribution is -0.385. The summed E-state index contributed by atoms with van der Waals surface area (Å²) in [7, 11) is 0. The Bertz CT molecular complexity index is 1950. The minimum absolute atomic E-state index is 0.0559. The Morgan fingerprint density at radius 1 is 0.857 bits per heavy atom. The average Bonchev–Trinajstić information content (AvgIpc) is 3.00. The van der Waals surface area contributed by atoms with E-state index in [-0.39, 0.29) is 22.8 Å². The van der Waals surface area contributed by atoms with Gasteiger partial charge >= 0.3 is 11.7 Å². The molecule has 4 aromatic carbocycles. The molecule has 0 saturated carbocycles. The van der Waals surface area contributed by atoms with E-state index < -0.39 is 27.1 Å². The molecule has 0 N–H and O–H groups in total. The second-order valence-electron chi connectivity index (χ2n) is 8.74. The minimum Gasteiger partial charge on any atom is -0.415 e. The molecule has 0 bridgehead atoms. The van der Waals surface area contributed by atoms with Crippen LogP contribution in [0.25, 0.3) is 28.4 Å². The number of nitro benzene ring substituents is 2. The van der Waals surface area contributed by atoms with Gasteiger partial charge in [-0.15, -0.1) is 0 Å². The molecule has 1 aromatic heterocycles. The van der Waals surface area contributed by atoms with Crippen LogP contribution in [0.4, 0.5) is 11.4 Å². The number of ether oxygens (including phenoxy) is 1. The van der Waals surface area contributed by atoms with Crippen molar-refractivity contribution in [1.82, 2.24) is 9.66 Å². The lowest BCUT2D eigenvalue weighted by Gasteiger charge is -2.10. The second kappa shape index (κ2) is 11.8. The molecule has 0 fully saturated rings. The number of rotatable bonds is 8. The highest BCUT2D eigenvalue weighted by Crippen LogP contribution is 2.30. The Labute approximate surface area is 236 Å². The molecule has 0 aliphatic rings. The van der Waals surface area contributed by atoms with Crippen LogP contribution in [-0.2, 0) is 4.79 Å². The maximum absolute atomic E-state index is 13.4. The number of nitro groups is 2. The molecule has 0 saturated heterocycles. The summed E-state index contributed by atoms with van der Waals surface area (Å²) in [6, 6.07) is 25.1. The van der Waals surface area contributed by atoms with E-state index in [2.05, 4.69) is 10.1 Å². The summed E-state index contributed by atoms with van der Waals surface area (Å²) in [5.74, 6) is -1.08. The van der Waals surface area contributed by atoms with E-state index in [1.54, 1.807) is 48.5 Å². The van der Waals surface area contributed by atoms with Crippen LogP contribution < -0.4 is 10.3 Å². The molecule has 42 heavy (non-hydrogen) atoms. The molecule has 206 valence electrons. The first kappa shape index (κ1) is 27.3. The Kier molecular flexibility index (Phi) is 7.69. The molecule has 5 aromatic rings. The molecule has 0 aliphatic heterocycles. The van der Waals surface area contributed by atoms with Gasteiger partial charge in [-0.2, -0.15) is 9.78 Å². The molecule has 0 atom stereocenters. The van der Waals surface area contributed by atoms with E-state index in [1.807, 2.05) is 6.07 Å². The lowest BCUT2D eigenvalue weighted by atomic mass is 10.2. The third-order valence-electron chi connectivity index (χ3n) is 6.04. The van der Waals surface area contributed by atoms with Gasteiger partial charge in [0.1, 0.15) is 0 Å². The van der Waals surface area contributed by atoms with E-state index in [4.69, 9.17) is 4.74 Å². The maximum atomic E-state index is 13.4. The van der Waals surface area contributed by atoms with Crippen molar-refractivity contribution in [2.24, 2.45) is 5.10 Å². The fourth-order valence-electron chi connectivity index (χ4n) is 4.03. The second-order valence-corrected chi connectivity index (χ2v) is 8.74. The zero-order valence-electron chi connectivity index (χ0n) is 21.6. The van der Waals surface area contributed by atoms with Gasteiger partial charge in [-0.25, -0.2) is 9.78 Å². The number of hydrogen-bond donors (Lipinski definition) is 0. The summed E-state index contributed by atoms with van der Waals surface area (Å²) in [5.41, 5.74) is 0.528. The highest BCUT2D eigenvalue weighted by Gasteiger charge is 2.21. The van der Waals surface area contributed by atoms with E-state index in [9.17, 15) is 29.8 Å². The van der Waals surface area contributed by atoms with Gasteiger partial charge in [0.2, 0.25) is 5.75 Å². The number of nitrogens with zero attached hydrogens (tertiary/aromatic N) is 5. The number of para-hydroxylation sites is 2. The Hall–Kier alpha value is -6.30. The first-order valence-electron chi connectivity index (χ1n) is 12.3. The Balaban J connectivity index is 1.52. The van der Waals surface area contributed by atoms with E-state index in [0.29, 0.717) is 22.0 Å². The molecule has 0 unspecified atom stereocenters. The van der Waals surface area contributed by atoms with Crippen molar-refractivity contribution in [1.29, 1.82) is 0 Å². The highest BCUT2D eigenvalue weighted by atomic mass is 16.6. The number of benzene rings is 4. The number of non-ortho nitro benzene ring substituents is 1. The summed E-state index contributed by atoms with van der Waals surface area (Å²) < 4.78 is 6.44. The summed E-state index contributed by atoms with van der Waals surface area (Å²) in [4.78, 5) is 52.0. The smallest absolute Gasteiger partial charge is 0.336 e. The zero-order valence-corrected chi connectivity index (χ0v) is 21.6. The molecular formula is C30H19N5O7. The van der Waals surface area contributed by atoms with Crippen LogP contribution in [0.15, 0.2) is 113 Å². The van der Waals surface area contributed by atoms with Crippen LogP contribution in [0.3, 0.4) is 0 Å². The van der Waals surface area contributed by atoms with Crippen molar-refractivity contribution in [3.8, 4) is 17.1 Å². The van der Waals surface area contributed by atoms with Gasteiger partial charge in [-0.05, 0) is 42.0 Å². The van der Waals surface area contributed by atoms with Crippen LogP contribution in [0, 0.1) is 20.2 Å². The van der Waals surface area contributed by atoms with Gasteiger partial charge in [0.15, 0.2) is 5.82 Å². The van der Waals surface area contributed by atoms with Gasteiger partial charge in [0, 0.05) is 35.4 Å². The number of carbonyl (C=O) groups is 1. The Morgan fingerprint density at radius 3 is 2.29 bits per heavy atom. The van der Waals surface area contributed by atoms with Gasteiger partial charge < -0.3 is 4.74 Å². The van der Waals surface area contributed by atoms with Gasteiger partial charge in [-0.1, -0.05) is 48.5 Å². The molecule has 12 nitrogen and oxygen atoms in total. The van der Waals surface area contributed by atoms with E-state index in [0.717, 1.165) is 10.8 Å². The monoisotopic (exact) mass is 561 g/mol. The van der Waals surface area contributed by atoms with Crippen LogP contribution >= 0.6 is 0 Å². The quantitative estimate of drug-likeness (QED) is 0.0609. The standard InChI is InChI=1S/C30H19N5O7/c36-27(18-15-20-13-16-23(17-14-20)34(38)39)42-28-22(9-6-12-26(28)35(40)41)19-31-33-29(21-7-2-1-3-8-21)32-25-11-5-4-10-24(25)30(33)37/h1-19H/b18-15+,31-19?.